The fourth-order valence-corrected chi connectivity index (χ4v) is 2.45. The zero-order chi connectivity index (χ0) is 15.4. The highest BCUT2D eigenvalue weighted by Gasteiger charge is 2.09. The molecule has 1 aromatic heterocycles. The summed E-state index contributed by atoms with van der Waals surface area (Å²) in [5.41, 5.74) is 3.23. The summed E-state index contributed by atoms with van der Waals surface area (Å²) in [4.78, 5) is 4.32. The Balaban J connectivity index is 1.59. The molecule has 1 N–H and O–H groups in total. The predicted octanol–water partition coefficient (Wildman–Crippen LogP) is 3.04. The van der Waals surface area contributed by atoms with Gasteiger partial charge in [-0.2, -0.15) is 0 Å². The summed E-state index contributed by atoms with van der Waals surface area (Å²) < 4.78 is 7.59. The van der Waals surface area contributed by atoms with Crippen molar-refractivity contribution < 1.29 is 9.84 Å². The van der Waals surface area contributed by atoms with Gasteiger partial charge in [0.2, 0.25) is 0 Å². The van der Waals surface area contributed by atoms with Crippen LogP contribution in [0.3, 0.4) is 0 Å². The Morgan fingerprint density at radius 3 is 2.68 bits per heavy atom. The Labute approximate surface area is 130 Å². The highest BCUT2D eigenvalue weighted by Crippen LogP contribution is 2.14. The molecule has 0 spiro atoms. The molecule has 0 aliphatic rings. The molecule has 3 rings (SSSR count). The minimum Gasteiger partial charge on any atom is -0.491 e. The molecule has 1 atom stereocenters. The molecule has 0 aliphatic heterocycles. The number of imidazole rings is 1. The smallest absolute Gasteiger partial charge is 0.119 e. The van der Waals surface area contributed by atoms with Crippen LogP contribution in [0, 0.1) is 0 Å². The van der Waals surface area contributed by atoms with Gasteiger partial charge in [-0.15, -0.1) is 0 Å². The van der Waals surface area contributed by atoms with Crippen molar-refractivity contribution in [3.63, 3.8) is 0 Å². The van der Waals surface area contributed by atoms with Crippen molar-refractivity contribution in [3.05, 3.63) is 60.4 Å². The SMILES string of the molecule is CCc1ccc(OC[C@H](O)Cn2cnc3ccccc32)cc1. The average Bonchev–Trinajstić information content (AvgIpc) is 2.97. The summed E-state index contributed by atoms with van der Waals surface area (Å²) in [7, 11) is 0. The molecule has 0 unspecified atom stereocenters. The Morgan fingerprint density at radius 2 is 1.91 bits per heavy atom. The number of hydrogen-bond acceptors (Lipinski definition) is 3. The third-order valence-corrected chi connectivity index (χ3v) is 3.71. The van der Waals surface area contributed by atoms with Crippen molar-refractivity contribution >= 4 is 11.0 Å². The Hall–Kier alpha value is -2.33. The molecular formula is C18H20N2O2. The second kappa shape index (κ2) is 6.62. The molecule has 2 aromatic carbocycles. The molecule has 1 heterocycles. The van der Waals surface area contributed by atoms with Gasteiger partial charge in [0.15, 0.2) is 0 Å². The lowest BCUT2D eigenvalue weighted by molar-refractivity contribution is 0.0934. The number of aliphatic hydroxyl groups excluding tert-OH is 1. The standard InChI is InChI=1S/C18H20N2O2/c1-2-14-7-9-16(10-8-14)22-12-15(21)11-20-13-19-17-5-3-4-6-18(17)20/h3-10,13,15,21H,2,11-12H2,1H3/t15-/m1/s1. The van der Waals surface area contributed by atoms with E-state index >= 15 is 0 Å². The van der Waals surface area contributed by atoms with E-state index in [4.69, 9.17) is 4.74 Å². The van der Waals surface area contributed by atoms with Gasteiger partial charge in [0.05, 0.1) is 23.9 Å². The van der Waals surface area contributed by atoms with Crippen LogP contribution in [0.5, 0.6) is 5.75 Å². The zero-order valence-corrected chi connectivity index (χ0v) is 12.6. The third kappa shape index (κ3) is 3.28. The topological polar surface area (TPSA) is 47.3 Å². The lowest BCUT2D eigenvalue weighted by atomic mass is 10.2. The van der Waals surface area contributed by atoms with Crippen LogP contribution in [0.25, 0.3) is 11.0 Å². The lowest BCUT2D eigenvalue weighted by Gasteiger charge is -2.13. The molecule has 0 radical (unpaired) electrons. The van der Waals surface area contributed by atoms with Gasteiger partial charge in [-0.05, 0) is 36.2 Å². The number of nitrogens with zero attached hydrogens (tertiary/aromatic N) is 2. The number of fused-ring (bicyclic) bond motifs is 1. The molecule has 22 heavy (non-hydrogen) atoms. The minimum atomic E-state index is -0.580. The van der Waals surface area contributed by atoms with Crippen LogP contribution < -0.4 is 4.74 Å². The van der Waals surface area contributed by atoms with E-state index in [2.05, 4.69) is 11.9 Å². The maximum Gasteiger partial charge on any atom is 0.119 e. The van der Waals surface area contributed by atoms with E-state index in [1.807, 2.05) is 53.1 Å². The number of aromatic nitrogens is 2. The molecule has 0 amide bonds. The minimum absolute atomic E-state index is 0.262. The van der Waals surface area contributed by atoms with Gasteiger partial charge < -0.3 is 14.4 Å². The first-order valence-electron chi connectivity index (χ1n) is 7.56. The number of rotatable bonds is 6. The normalized spacial score (nSPS) is 12.5. The third-order valence-electron chi connectivity index (χ3n) is 3.71. The molecule has 0 saturated heterocycles. The van der Waals surface area contributed by atoms with E-state index in [1.54, 1.807) is 6.33 Å². The molecule has 0 bridgehead atoms. The van der Waals surface area contributed by atoms with Crippen LogP contribution in [-0.2, 0) is 13.0 Å². The quantitative estimate of drug-likeness (QED) is 0.760. The average molecular weight is 296 g/mol. The van der Waals surface area contributed by atoms with Crippen molar-refractivity contribution in [3.8, 4) is 5.75 Å². The maximum absolute atomic E-state index is 10.2. The van der Waals surface area contributed by atoms with E-state index in [9.17, 15) is 5.11 Å². The number of hydrogen-bond donors (Lipinski definition) is 1. The number of ether oxygens (including phenoxy) is 1. The second-order valence-corrected chi connectivity index (χ2v) is 5.35. The summed E-state index contributed by atoms with van der Waals surface area (Å²) >= 11 is 0. The lowest BCUT2D eigenvalue weighted by Crippen LogP contribution is -2.23. The fourth-order valence-electron chi connectivity index (χ4n) is 2.45. The predicted molar refractivity (Wildman–Crippen MR) is 87.1 cm³/mol. The van der Waals surface area contributed by atoms with Gasteiger partial charge >= 0.3 is 0 Å². The monoisotopic (exact) mass is 296 g/mol. The van der Waals surface area contributed by atoms with E-state index in [0.29, 0.717) is 6.54 Å². The molecule has 114 valence electrons. The Morgan fingerprint density at radius 1 is 1.14 bits per heavy atom. The largest absolute Gasteiger partial charge is 0.491 e. The van der Waals surface area contributed by atoms with Crippen LogP contribution in [0.1, 0.15) is 12.5 Å². The maximum atomic E-state index is 10.2. The van der Waals surface area contributed by atoms with Crippen molar-refractivity contribution in [1.29, 1.82) is 0 Å². The van der Waals surface area contributed by atoms with Crippen molar-refractivity contribution in [2.75, 3.05) is 6.61 Å². The first kappa shape index (κ1) is 14.6. The first-order valence-corrected chi connectivity index (χ1v) is 7.56. The number of aliphatic hydroxyl groups is 1. The van der Waals surface area contributed by atoms with E-state index < -0.39 is 6.10 Å². The molecule has 0 aliphatic carbocycles. The van der Waals surface area contributed by atoms with Crippen LogP contribution in [0.15, 0.2) is 54.9 Å². The van der Waals surface area contributed by atoms with E-state index in [-0.39, 0.29) is 6.61 Å². The van der Waals surface area contributed by atoms with Crippen molar-refractivity contribution in [1.82, 2.24) is 9.55 Å². The van der Waals surface area contributed by atoms with Gasteiger partial charge in [-0.1, -0.05) is 31.2 Å². The van der Waals surface area contributed by atoms with Crippen LogP contribution in [-0.4, -0.2) is 27.4 Å². The number of para-hydroxylation sites is 2. The van der Waals surface area contributed by atoms with Crippen molar-refractivity contribution in [2.45, 2.75) is 26.0 Å². The first-order chi connectivity index (χ1) is 10.8. The molecule has 0 saturated carbocycles. The molecule has 4 heteroatoms. The number of aryl methyl sites for hydroxylation is 1. The van der Waals surface area contributed by atoms with Gasteiger partial charge in [-0.25, -0.2) is 4.98 Å². The van der Waals surface area contributed by atoms with Gasteiger partial charge in [-0.3, -0.25) is 0 Å². The van der Waals surface area contributed by atoms with Gasteiger partial charge in [0, 0.05) is 0 Å². The van der Waals surface area contributed by atoms with Gasteiger partial charge in [0.1, 0.15) is 18.5 Å². The van der Waals surface area contributed by atoms with Crippen LogP contribution in [0.2, 0.25) is 0 Å². The highest BCUT2D eigenvalue weighted by molar-refractivity contribution is 5.74. The Kier molecular flexibility index (Phi) is 4.39. The summed E-state index contributed by atoms with van der Waals surface area (Å²) in [5.74, 6) is 0.784. The summed E-state index contributed by atoms with van der Waals surface area (Å²) in [6.45, 7) is 2.85. The summed E-state index contributed by atoms with van der Waals surface area (Å²) in [5, 5.41) is 10.2. The second-order valence-electron chi connectivity index (χ2n) is 5.35. The van der Waals surface area contributed by atoms with Crippen LogP contribution in [0.4, 0.5) is 0 Å². The fraction of sp³-hybridized carbons (Fsp3) is 0.278. The number of benzene rings is 2. The highest BCUT2D eigenvalue weighted by atomic mass is 16.5. The molecule has 0 fully saturated rings. The zero-order valence-electron chi connectivity index (χ0n) is 12.6. The van der Waals surface area contributed by atoms with Crippen LogP contribution >= 0.6 is 0 Å². The van der Waals surface area contributed by atoms with Crippen molar-refractivity contribution in [2.24, 2.45) is 0 Å². The molecular weight excluding hydrogens is 276 g/mol. The van der Waals surface area contributed by atoms with E-state index in [1.165, 1.54) is 5.56 Å². The summed E-state index contributed by atoms with van der Waals surface area (Å²) in [6.07, 6.45) is 2.18. The summed E-state index contributed by atoms with van der Waals surface area (Å²) in [6, 6.07) is 15.9. The molecule has 4 nitrogen and oxygen atoms in total. The Bertz CT molecular complexity index is 734. The van der Waals surface area contributed by atoms with E-state index in [0.717, 1.165) is 23.2 Å². The molecule has 3 aromatic rings. The van der Waals surface area contributed by atoms with Gasteiger partial charge in [0.25, 0.3) is 0 Å².